The van der Waals surface area contributed by atoms with Crippen LogP contribution >= 0.6 is 0 Å². The number of fused-ring (bicyclic) bond motifs is 6. The molecule has 0 aliphatic heterocycles. The monoisotopic (exact) mass is 711 g/mol. The Bertz CT molecular complexity index is 3130. The smallest absolute Gasteiger partial charge is 0.143 e. The van der Waals surface area contributed by atoms with Crippen LogP contribution in [0.15, 0.2) is 165 Å². The van der Waals surface area contributed by atoms with Gasteiger partial charge in [0.05, 0.1) is 6.04 Å². The van der Waals surface area contributed by atoms with Gasteiger partial charge < -0.3 is 13.7 Å². The molecule has 7 aromatic carbocycles. The highest BCUT2D eigenvalue weighted by atomic mass is 16.3. The summed E-state index contributed by atoms with van der Waals surface area (Å²) in [5.74, 6) is 0. The summed E-state index contributed by atoms with van der Waals surface area (Å²) in [6.45, 7) is 0. The van der Waals surface area contributed by atoms with Crippen LogP contribution in [0.3, 0.4) is 0 Å². The van der Waals surface area contributed by atoms with Crippen molar-refractivity contribution in [1.29, 1.82) is 0 Å². The first-order chi connectivity index (χ1) is 27.7. The lowest BCUT2D eigenvalue weighted by molar-refractivity contribution is 0.669. The van der Waals surface area contributed by atoms with Gasteiger partial charge in [-0.2, -0.15) is 0 Å². The molecule has 2 heterocycles. The van der Waals surface area contributed by atoms with E-state index in [0.717, 1.165) is 66.1 Å². The summed E-state index contributed by atoms with van der Waals surface area (Å²) in [5, 5.41) is 3.96. The van der Waals surface area contributed by atoms with Crippen molar-refractivity contribution in [2.24, 2.45) is 0 Å². The first-order valence-electron chi connectivity index (χ1n) is 18.5. The largest absolute Gasteiger partial charge is 0.456 e. The molecule has 0 amide bonds. The van der Waals surface area contributed by atoms with Gasteiger partial charge in [0, 0.05) is 38.5 Å². The van der Waals surface area contributed by atoms with Crippen LogP contribution in [0.4, 0.5) is 11.4 Å². The second-order valence-corrected chi connectivity index (χ2v) is 14.4. The van der Waals surface area contributed by atoms with Crippen molar-refractivity contribution in [1.82, 2.24) is 0 Å². The van der Waals surface area contributed by atoms with E-state index in [4.69, 9.17) is 63.8 Å². The van der Waals surface area contributed by atoms with Crippen LogP contribution in [0.5, 0.6) is 0 Å². The number of hydrogen-bond donors (Lipinski definition) is 0. The van der Waals surface area contributed by atoms with Gasteiger partial charge in [-0.3, -0.25) is 0 Å². The minimum Gasteiger partial charge on any atom is -0.456 e. The molecule has 3 nitrogen and oxygen atoms in total. The predicted molar refractivity (Wildman–Crippen MR) is 243 cm³/mol. The highest BCUT2D eigenvalue weighted by molar-refractivity contribution is 6.63. The summed E-state index contributed by atoms with van der Waals surface area (Å²) in [7, 11) is 49.0. The fourth-order valence-corrected chi connectivity index (χ4v) is 8.41. The number of nitrogens with zero attached hydrogens (tertiary/aromatic N) is 1. The molecule has 0 N–H and O–H groups in total. The normalized spacial score (nSPS) is 14.5. The molecule has 1 aliphatic carbocycles. The Hall–Kier alpha value is -6.13. The molecule has 250 valence electrons. The molecule has 1 aliphatic rings. The fraction of sp³-hybridized carbons (Fsp3) is 0.0213. The lowest BCUT2D eigenvalue weighted by Crippen LogP contribution is -2.49. The second kappa shape index (κ2) is 13.5. The zero-order valence-corrected chi connectivity index (χ0v) is 30.7. The Morgan fingerprint density at radius 3 is 1.72 bits per heavy atom. The number of allylic oxidation sites excluding steroid dienone is 2. The van der Waals surface area contributed by atoms with E-state index in [-0.39, 0.29) is 21.9 Å². The van der Waals surface area contributed by atoms with Crippen molar-refractivity contribution in [3.63, 3.8) is 0 Å². The van der Waals surface area contributed by atoms with Crippen molar-refractivity contribution < 1.29 is 8.83 Å². The molecule has 2 aromatic heterocycles. The van der Waals surface area contributed by atoms with Crippen molar-refractivity contribution in [2.45, 2.75) is 6.04 Å². The Kier molecular flexibility index (Phi) is 8.37. The standard InChI is InChI=1S/C47H24B7NO2/c48-38-36(25-9-2-1-3-10-25)41(51)45(42(38)52)55(27-20-17-24(18-21-27)28-13-8-14-31-29-11-4-7-16-34(29)57-47(28)31)46-43(53)39(49)37(40(50)44(46)54)26-19-22-35-32(23-26)30-12-5-6-15-33(30)56-35/h1-23,45H. The molecule has 9 aromatic rings. The summed E-state index contributed by atoms with van der Waals surface area (Å²) >= 11 is 0. The molecule has 14 radical (unpaired) electrons. The molecule has 1 atom stereocenters. The van der Waals surface area contributed by atoms with Crippen molar-refractivity contribution >= 4 is 138 Å². The summed E-state index contributed by atoms with van der Waals surface area (Å²) in [6, 6.07) is 44.6. The van der Waals surface area contributed by atoms with Crippen LogP contribution in [0.1, 0.15) is 5.56 Å². The van der Waals surface area contributed by atoms with Gasteiger partial charge in [0.15, 0.2) is 0 Å². The molecule has 0 bridgehead atoms. The van der Waals surface area contributed by atoms with Crippen LogP contribution in [-0.4, -0.2) is 61.0 Å². The number of para-hydroxylation sites is 3. The lowest BCUT2D eigenvalue weighted by atomic mass is 9.64. The first kappa shape index (κ1) is 35.3. The van der Waals surface area contributed by atoms with Crippen molar-refractivity contribution in [3.05, 3.63) is 162 Å². The van der Waals surface area contributed by atoms with Gasteiger partial charge in [0.25, 0.3) is 0 Å². The van der Waals surface area contributed by atoms with Gasteiger partial charge >= 0.3 is 0 Å². The van der Waals surface area contributed by atoms with E-state index >= 15 is 0 Å². The zero-order valence-electron chi connectivity index (χ0n) is 30.7. The Morgan fingerprint density at radius 1 is 0.439 bits per heavy atom. The predicted octanol–water partition coefficient (Wildman–Crippen LogP) is 6.64. The van der Waals surface area contributed by atoms with E-state index in [1.165, 1.54) is 0 Å². The Morgan fingerprint density at radius 2 is 1.02 bits per heavy atom. The van der Waals surface area contributed by atoms with E-state index in [1.54, 1.807) is 0 Å². The highest BCUT2D eigenvalue weighted by Gasteiger charge is 2.34. The maximum absolute atomic E-state index is 7.09. The van der Waals surface area contributed by atoms with Crippen molar-refractivity contribution in [2.75, 3.05) is 4.90 Å². The number of rotatable bonds is 6. The van der Waals surface area contributed by atoms with E-state index in [2.05, 4.69) is 12.1 Å². The molecular formula is C47H24B7NO2. The molecule has 0 fully saturated rings. The van der Waals surface area contributed by atoms with E-state index in [1.807, 2.05) is 132 Å². The van der Waals surface area contributed by atoms with Crippen molar-refractivity contribution in [3.8, 4) is 22.3 Å². The molecule has 0 spiro atoms. The maximum Gasteiger partial charge on any atom is 0.143 e. The Balaban J connectivity index is 1.16. The van der Waals surface area contributed by atoms with Gasteiger partial charge in [-0.05, 0) is 64.2 Å². The number of benzene rings is 7. The number of hydrogen-bond acceptors (Lipinski definition) is 3. The summed E-state index contributed by atoms with van der Waals surface area (Å²) < 4.78 is 12.5. The summed E-state index contributed by atoms with van der Waals surface area (Å²) in [6.07, 6.45) is 0. The molecular weight excluding hydrogens is 686 g/mol. The van der Waals surface area contributed by atoms with Gasteiger partial charge in [-0.1, -0.05) is 141 Å². The lowest BCUT2D eigenvalue weighted by Gasteiger charge is -2.39. The highest BCUT2D eigenvalue weighted by Crippen LogP contribution is 2.43. The molecule has 57 heavy (non-hydrogen) atoms. The van der Waals surface area contributed by atoms with Gasteiger partial charge in [-0.25, -0.2) is 0 Å². The second-order valence-electron chi connectivity index (χ2n) is 14.4. The molecule has 0 saturated heterocycles. The quantitative estimate of drug-likeness (QED) is 0.181. The zero-order chi connectivity index (χ0) is 39.1. The number of anilines is 2. The summed E-state index contributed by atoms with van der Waals surface area (Å²) in [4.78, 5) is 1.88. The SMILES string of the molecule is [B]C1=C([B])C(N(c2ccc(-c3cccc4c3oc3ccccc34)cc2)c2c([B])c([B])c(-c3ccc4oc5ccccc5c4c3)c([B])c2[B])C([B])=C1c1ccccc1. The molecule has 10 rings (SSSR count). The minimum atomic E-state index is -0.798. The van der Waals surface area contributed by atoms with Crippen LogP contribution in [0.25, 0.3) is 71.7 Å². The van der Waals surface area contributed by atoms with Crippen LogP contribution in [-0.2, 0) is 0 Å². The van der Waals surface area contributed by atoms with E-state index in [0.29, 0.717) is 38.9 Å². The van der Waals surface area contributed by atoms with Crippen LogP contribution in [0.2, 0.25) is 0 Å². The van der Waals surface area contributed by atoms with Gasteiger partial charge in [0.2, 0.25) is 0 Å². The first-order valence-corrected chi connectivity index (χ1v) is 18.5. The fourth-order valence-electron chi connectivity index (χ4n) is 8.41. The van der Waals surface area contributed by atoms with Crippen LogP contribution < -0.4 is 26.8 Å². The third-order valence-corrected chi connectivity index (χ3v) is 11.2. The topological polar surface area (TPSA) is 29.5 Å². The summed E-state index contributed by atoms with van der Waals surface area (Å²) in [5.41, 5.74) is 10.8. The maximum atomic E-state index is 7.09. The third-order valence-electron chi connectivity index (χ3n) is 11.2. The molecule has 10 heteroatoms. The van der Waals surface area contributed by atoms with E-state index in [9.17, 15) is 0 Å². The molecule has 0 saturated carbocycles. The van der Waals surface area contributed by atoms with Gasteiger partial charge in [0.1, 0.15) is 77.3 Å². The number of furan rings is 2. The van der Waals surface area contributed by atoms with Gasteiger partial charge in [-0.15, -0.1) is 0 Å². The average Bonchev–Trinajstić information content (AvgIpc) is 3.88. The molecule has 1 unspecified atom stereocenters. The van der Waals surface area contributed by atoms with Crippen LogP contribution in [0, 0.1) is 0 Å². The third kappa shape index (κ3) is 5.45. The van der Waals surface area contributed by atoms with E-state index < -0.39 is 6.04 Å². The Labute approximate surface area is 339 Å². The minimum absolute atomic E-state index is 0.206. The average molecular weight is 710 g/mol.